The third-order valence-corrected chi connectivity index (χ3v) is 5.50. The summed E-state index contributed by atoms with van der Waals surface area (Å²) in [5.41, 5.74) is 1.22. The number of benzene rings is 2. The average molecular weight is 462 g/mol. The van der Waals surface area contributed by atoms with Crippen LogP contribution in [0.25, 0.3) is 10.9 Å². The number of hydrogen-bond donors (Lipinski definition) is 1. The lowest BCUT2D eigenvalue weighted by molar-refractivity contribution is -0.113. The minimum absolute atomic E-state index is 0.0915. The molecule has 0 spiro atoms. The van der Waals surface area contributed by atoms with Crippen molar-refractivity contribution in [1.82, 2.24) is 9.55 Å². The highest BCUT2D eigenvalue weighted by atomic mass is 79.9. The summed E-state index contributed by atoms with van der Waals surface area (Å²) in [4.78, 5) is 29.8. The second-order valence-electron chi connectivity index (χ2n) is 6.08. The maximum absolute atomic E-state index is 12.9. The number of carbonyl (C=O) groups excluding carboxylic acids is 1. The van der Waals surface area contributed by atoms with Gasteiger partial charge in [0, 0.05) is 16.7 Å². The third-order valence-electron chi connectivity index (χ3n) is 4.03. The summed E-state index contributed by atoms with van der Waals surface area (Å²) >= 11 is 4.66. The van der Waals surface area contributed by atoms with Crippen molar-refractivity contribution in [3.8, 4) is 5.75 Å². The first kappa shape index (κ1) is 20.4. The lowest BCUT2D eigenvalue weighted by atomic mass is 10.2. The van der Waals surface area contributed by atoms with Crippen molar-refractivity contribution in [2.45, 2.75) is 25.0 Å². The van der Waals surface area contributed by atoms with Crippen LogP contribution in [0.1, 0.15) is 13.3 Å². The van der Waals surface area contributed by atoms with E-state index in [1.807, 2.05) is 13.0 Å². The SMILES string of the molecule is CCCn1c(SCC(=O)Nc2ccc(OC)cc2)nc2ccc(Br)cc2c1=O. The highest BCUT2D eigenvalue weighted by Gasteiger charge is 2.13. The van der Waals surface area contributed by atoms with Crippen LogP contribution in [0.5, 0.6) is 5.75 Å². The summed E-state index contributed by atoms with van der Waals surface area (Å²) in [5.74, 6) is 0.718. The number of methoxy groups -OCH3 is 1. The molecule has 6 nitrogen and oxygen atoms in total. The number of hydrogen-bond acceptors (Lipinski definition) is 5. The van der Waals surface area contributed by atoms with Crippen molar-refractivity contribution in [2.75, 3.05) is 18.2 Å². The van der Waals surface area contributed by atoms with Crippen LogP contribution < -0.4 is 15.6 Å². The Bertz CT molecular complexity index is 1050. The lowest BCUT2D eigenvalue weighted by Crippen LogP contribution is -2.24. The second kappa shape index (κ2) is 9.25. The summed E-state index contributed by atoms with van der Waals surface area (Å²) in [5, 5.41) is 3.95. The summed E-state index contributed by atoms with van der Waals surface area (Å²) in [6.45, 7) is 2.55. The molecule has 0 saturated heterocycles. The molecule has 1 amide bonds. The molecule has 3 aromatic rings. The Morgan fingerprint density at radius 1 is 1.25 bits per heavy atom. The molecule has 1 N–H and O–H groups in total. The Kier molecular flexibility index (Phi) is 6.74. The third kappa shape index (κ3) is 4.74. The molecule has 0 radical (unpaired) electrons. The summed E-state index contributed by atoms with van der Waals surface area (Å²) in [6, 6.07) is 12.6. The number of rotatable bonds is 7. The number of thioether (sulfide) groups is 1. The van der Waals surface area contributed by atoms with Gasteiger partial charge in [-0.05, 0) is 48.9 Å². The van der Waals surface area contributed by atoms with E-state index >= 15 is 0 Å². The van der Waals surface area contributed by atoms with E-state index in [1.54, 1.807) is 48.1 Å². The van der Waals surface area contributed by atoms with E-state index in [0.717, 1.165) is 16.6 Å². The van der Waals surface area contributed by atoms with Crippen LogP contribution in [-0.2, 0) is 11.3 Å². The van der Waals surface area contributed by atoms with Crippen LogP contribution in [0.15, 0.2) is 56.9 Å². The number of anilines is 1. The van der Waals surface area contributed by atoms with Crippen molar-refractivity contribution in [1.29, 1.82) is 0 Å². The molecule has 0 bridgehead atoms. The summed E-state index contributed by atoms with van der Waals surface area (Å²) in [6.07, 6.45) is 0.798. The first-order chi connectivity index (χ1) is 13.5. The zero-order chi connectivity index (χ0) is 20.1. The normalized spacial score (nSPS) is 10.8. The average Bonchev–Trinajstić information content (AvgIpc) is 2.70. The number of nitrogens with zero attached hydrogens (tertiary/aromatic N) is 2. The number of nitrogens with one attached hydrogen (secondary N) is 1. The van der Waals surface area contributed by atoms with Gasteiger partial charge in [-0.2, -0.15) is 0 Å². The molecule has 0 aliphatic carbocycles. The molecule has 8 heteroatoms. The maximum Gasteiger partial charge on any atom is 0.262 e. The fourth-order valence-corrected chi connectivity index (χ4v) is 3.89. The topological polar surface area (TPSA) is 73.2 Å². The van der Waals surface area contributed by atoms with Crippen LogP contribution in [0.2, 0.25) is 0 Å². The maximum atomic E-state index is 12.9. The van der Waals surface area contributed by atoms with Crippen LogP contribution in [0.3, 0.4) is 0 Å². The van der Waals surface area contributed by atoms with E-state index in [1.165, 1.54) is 11.8 Å². The molecule has 0 unspecified atom stereocenters. The molecule has 0 saturated carbocycles. The minimum Gasteiger partial charge on any atom is -0.497 e. The summed E-state index contributed by atoms with van der Waals surface area (Å²) < 4.78 is 7.58. The Morgan fingerprint density at radius 2 is 2.00 bits per heavy atom. The molecule has 3 rings (SSSR count). The first-order valence-corrected chi connectivity index (χ1v) is 10.6. The number of carbonyl (C=O) groups is 1. The lowest BCUT2D eigenvalue weighted by Gasteiger charge is -2.12. The zero-order valence-electron chi connectivity index (χ0n) is 15.6. The van der Waals surface area contributed by atoms with E-state index in [-0.39, 0.29) is 17.2 Å². The molecular weight excluding hydrogens is 442 g/mol. The van der Waals surface area contributed by atoms with E-state index in [2.05, 4.69) is 26.2 Å². The van der Waals surface area contributed by atoms with Crippen LogP contribution >= 0.6 is 27.7 Å². The zero-order valence-corrected chi connectivity index (χ0v) is 18.0. The van der Waals surface area contributed by atoms with Gasteiger partial charge in [0.05, 0.1) is 23.8 Å². The van der Waals surface area contributed by atoms with E-state index < -0.39 is 0 Å². The van der Waals surface area contributed by atoms with Crippen LogP contribution in [-0.4, -0.2) is 28.3 Å². The molecule has 1 aromatic heterocycles. The van der Waals surface area contributed by atoms with Gasteiger partial charge in [-0.25, -0.2) is 4.98 Å². The highest BCUT2D eigenvalue weighted by molar-refractivity contribution is 9.10. The Balaban J connectivity index is 1.78. The molecule has 0 aliphatic rings. The van der Waals surface area contributed by atoms with Crippen molar-refractivity contribution in [3.05, 3.63) is 57.3 Å². The minimum atomic E-state index is -0.164. The number of amides is 1. The molecular formula is C20H20BrN3O3S. The fraction of sp³-hybridized carbons (Fsp3) is 0.250. The number of fused-ring (bicyclic) bond motifs is 1. The van der Waals surface area contributed by atoms with Crippen molar-refractivity contribution < 1.29 is 9.53 Å². The first-order valence-electron chi connectivity index (χ1n) is 8.78. The Hall–Kier alpha value is -2.32. The van der Waals surface area contributed by atoms with Crippen molar-refractivity contribution in [3.63, 3.8) is 0 Å². The quantitative estimate of drug-likeness (QED) is 0.419. The van der Waals surface area contributed by atoms with Crippen LogP contribution in [0, 0.1) is 0 Å². The van der Waals surface area contributed by atoms with Gasteiger partial charge in [0.15, 0.2) is 5.16 Å². The largest absolute Gasteiger partial charge is 0.497 e. The summed E-state index contributed by atoms with van der Waals surface area (Å²) in [7, 11) is 1.59. The van der Waals surface area contributed by atoms with E-state index in [9.17, 15) is 9.59 Å². The highest BCUT2D eigenvalue weighted by Crippen LogP contribution is 2.21. The van der Waals surface area contributed by atoms with Gasteiger partial charge in [0.1, 0.15) is 5.75 Å². The predicted octanol–water partition coefficient (Wildman–Crippen LogP) is 4.31. The smallest absolute Gasteiger partial charge is 0.262 e. The standard InChI is InChI=1S/C20H20BrN3O3S/c1-3-10-24-19(26)16-11-13(21)4-9-17(16)23-20(24)28-12-18(25)22-14-5-7-15(27-2)8-6-14/h4-9,11H,3,10,12H2,1-2H3,(H,22,25). The van der Waals surface area contributed by atoms with Gasteiger partial charge in [-0.1, -0.05) is 34.6 Å². The number of halogens is 1. The van der Waals surface area contributed by atoms with Gasteiger partial charge in [0.2, 0.25) is 5.91 Å². The predicted molar refractivity (Wildman–Crippen MR) is 116 cm³/mol. The fourth-order valence-electron chi connectivity index (χ4n) is 2.71. The molecule has 0 atom stereocenters. The molecule has 28 heavy (non-hydrogen) atoms. The Labute approximate surface area is 175 Å². The van der Waals surface area contributed by atoms with E-state index in [4.69, 9.17) is 4.74 Å². The van der Waals surface area contributed by atoms with Gasteiger partial charge >= 0.3 is 0 Å². The van der Waals surface area contributed by atoms with Gasteiger partial charge in [-0.3, -0.25) is 14.2 Å². The monoisotopic (exact) mass is 461 g/mol. The van der Waals surface area contributed by atoms with Gasteiger partial charge in [-0.15, -0.1) is 0 Å². The molecule has 0 aliphatic heterocycles. The second-order valence-corrected chi connectivity index (χ2v) is 7.94. The number of aromatic nitrogens is 2. The van der Waals surface area contributed by atoms with Crippen molar-refractivity contribution in [2.24, 2.45) is 0 Å². The van der Waals surface area contributed by atoms with E-state index in [0.29, 0.717) is 28.3 Å². The Morgan fingerprint density at radius 3 is 2.68 bits per heavy atom. The van der Waals surface area contributed by atoms with Gasteiger partial charge < -0.3 is 10.1 Å². The molecule has 1 heterocycles. The number of ether oxygens (including phenoxy) is 1. The molecule has 0 fully saturated rings. The van der Waals surface area contributed by atoms with Crippen LogP contribution in [0.4, 0.5) is 5.69 Å². The van der Waals surface area contributed by atoms with Crippen molar-refractivity contribution >= 4 is 50.2 Å². The molecule has 2 aromatic carbocycles. The molecule has 146 valence electrons. The van der Waals surface area contributed by atoms with Gasteiger partial charge in [0.25, 0.3) is 5.56 Å².